The first-order valence-corrected chi connectivity index (χ1v) is 11.2. The predicted octanol–water partition coefficient (Wildman–Crippen LogP) is 4.60. The van der Waals surface area contributed by atoms with Crippen LogP contribution < -0.4 is 3.61 Å². The number of carbonyl (C=O) groups is 1. The van der Waals surface area contributed by atoms with Crippen LogP contribution in [-0.2, 0) is 9.53 Å². The Morgan fingerprint density at radius 1 is 0.957 bits per heavy atom. The first-order valence-electron chi connectivity index (χ1n) is 8.84. The van der Waals surface area contributed by atoms with E-state index in [1.807, 2.05) is 13.0 Å². The molecule has 0 unspecified atom stereocenters. The summed E-state index contributed by atoms with van der Waals surface area (Å²) in [6.07, 6.45) is 8.06. The van der Waals surface area contributed by atoms with E-state index in [9.17, 15) is 4.79 Å². The van der Waals surface area contributed by atoms with Crippen molar-refractivity contribution in [1.82, 2.24) is 0 Å². The molecule has 0 N–H and O–H groups in total. The van der Waals surface area contributed by atoms with Gasteiger partial charge in [-0.15, -0.1) is 0 Å². The Labute approximate surface area is 151 Å². The summed E-state index contributed by atoms with van der Waals surface area (Å²) >= 11 is -0.677. The van der Waals surface area contributed by atoms with Gasteiger partial charge in [0.25, 0.3) is 0 Å². The molecule has 0 spiro atoms. The van der Waals surface area contributed by atoms with Crippen molar-refractivity contribution < 1.29 is 9.53 Å². The van der Waals surface area contributed by atoms with Gasteiger partial charge in [0.2, 0.25) is 0 Å². The van der Waals surface area contributed by atoms with Gasteiger partial charge in [0.1, 0.15) is 0 Å². The van der Waals surface area contributed by atoms with E-state index in [-0.39, 0.29) is 5.97 Å². The van der Waals surface area contributed by atoms with Crippen molar-refractivity contribution in [3.05, 3.63) is 39.5 Å². The molecule has 0 saturated heterocycles. The van der Waals surface area contributed by atoms with E-state index < -0.39 is 20.9 Å². The van der Waals surface area contributed by atoms with Crippen LogP contribution in [0.2, 0.25) is 0 Å². The van der Waals surface area contributed by atoms with Crippen LogP contribution in [-0.4, -0.2) is 33.5 Å². The molecular formula is C20H30O2Te. The number of hydrogen-bond acceptors (Lipinski definition) is 2. The van der Waals surface area contributed by atoms with E-state index in [0.717, 1.165) is 22.9 Å². The zero-order valence-corrected chi connectivity index (χ0v) is 17.1. The summed E-state index contributed by atoms with van der Waals surface area (Å²) in [5, 5.41) is 0. The van der Waals surface area contributed by atoms with Crippen LogP contribution in [0.15, 0.2) is 39.5 Å². The summed E-state index contributed by atoms with van der Waals surface area (Å²) in [5.74, 6) is -0.0682. The van der Waals surface area contributed by atoms with E-state index >= 15 is 0 Å². The first kappa shape index (κ1) is 20.3. The van der Waals surface area contributed by atoms with Crippen molar-refractivity contribution in [2.45, 2.75) is 65.7 Å². The average Bonchev–Trinajstić information content (AvgIpc) is 2.57. The summed E-state index contributed by atoms with van der Waals surface area (Å²) < 4.78 is 7.71. The molecule has 0 aliphatic carbocycles. The normalized spacial score (nSPS) is 12.0. The van der Waals surface area contributed by atoms with Gasteiger partial charge in [-0.2, -0.15) is 0 Å². The Balaban J connectivity index is 3.02. The van der Waals surface area contributed by atoms with Crippen LogP contribution in [0.25, 0.3) is 0 Å². The molecule has 23 heavy (non-hydrogen) atoms. The molecule has 0 saturated carbocycles. The Morgan fingerprint density at radius 2 is 1.61 bits per heavy atom. The van der Waals surface area contributed by atoms with Crippen LogP contribution in [0.1, 0.15) is 65.7 Å². The van der Waals surface area contributed by atoms with E-state index in [0.29, 0.717) is 6.61 Å². The second-order valence-corrected chi connectivity index (χ2v) is 8.72. The SMILES string of the molecule is CCCCC/C(CCCC)=C(/[Te]c1ccccc1)C(=O)OCC. The molecule has 2 nitrogen and oxygen atoms in total. The Morgan fingerprint density at radius 3 is 2.22 bits per heavy atom. The molecule has 0 aliphatic rings. The molecule has 0 aliphatic heterocycles. The number of rotatable bonds is 11. The van der Waals surface area contributed by atoms with Gasteiger partial charge in [-0.1, -0.05) is 0 Å². The van der Waals surface area contributed by atoms with Crippen LogP contribution in [0, 0.1) is 0 Å². The van der Waals surface area contributed by atoms with Gasteiger partial charge in [-0.25, -0.2) is 0 Å². The Hall–Kier alpha value is -0.780. The fourth-order valence-corrected chi connectivity index (χ4v) is 5.30. The number of benzene rings is 1. The van der Waals surface area contributed by atoms with E-state index in [4.69, 9.17) is 4.74 Å². The van der Waals surface area contributed by atoms with Crippen molar-refractivity contribution in [1.29, 1.82) is 0 Å². The van der Waals surface area contributed by atoms with Crippen molar-refractivity contribution in [2.24, 2.45) is 0 Å². The van der Waals surface area contributed by atoms with Crippen LogP contribution in [0.5, 0.6) is 0 Å². The molecule has 128 valence electrons. The summed E-state index contributed by atoms with van der Waals surface area (Å²) in [4.78, 5) is 12.5. The summed E-state index contributed by atoms with van der Waals surface area (Å²) in [5.41, 5.74) is 1.37. The monoisotopic (exact) mass is 432 g/mol. The van der Waals surface area contributed by atoms with Crippen molar-refractivity contribution in [3.63, 3.8) is 0 Å². The first-order chi connectivity index (χ1) is 11.2. The average molecular weight is 430 g/mol. The summed E-state index contributed by atoms with van der Waals surface area (Å²) in [7, 11) is 0. The van der Waals surface area contributed by atoms with Gasteiger partial charge in [-0.05, 0) is 0 Å². The maximum absolute atomic E-state index is 12.5. The fourth-order valence-electron chi connectivity index (χ4n) is 2.39. The number of hydrogen-bond donors (Lipinski definition) is 0. The van der Waals surface area contributed by atoms with Crippen molar-refractivity contribution in [3.8, 4) is 0 Å². The Bertz CT molecular complexity index is 480. The number of ether oxygens (including phenoxy) is 1. The van der Waals surface area contributed by atoms with E-state index in [1.165, 1.54) is 34.9 Å². The molecule has 0 radical (unpaired) electrons. The molecular weight excluding hydrogens is 400 g/mol. The molecule has 0 aromatic heterocycles. The zero-order chi connectivity index (χ0) is 16.9. The van der Waals surface area contributed by atoms with E-state index in [1.54, 1.807) is 0 Å². The van der Waals surface area contributed by atoms with Crippen molar-refractivity contribution in [2.75, 3.05) is 6.61 Å². The van der Waals surface area contributed by atoms with Gasteiger partial charge in [0.15, 0.2) is 0 Å². The van der Waals surface area contributed by atoms with Gasteiger partial charge in [0.05, 0.1) is 0 Å². The van der Waals surface area contributed by atoms with Gasteiger partial charge in [-0.3, -0.25) is 0 Å². The maximum atomic E-state index is 12.5. The Kier molecular flexibility index (Phi) is 11.1. The number of allylic oxidation sites excluding steroid dienone is 1. The van der Waals surface area contributed by atoms with Gasteiger partial charge >= 0.3 is 152 Å². The van der Waals surface area contributed by atoms with Gasteiger partial charge in [0, 0.05) is 0 Å². The minimum absolute atomic E-state index is 0.0682. The number of unbranched alkanes of at least 4 members (excludes halogenated alkanes) is 3. The molecule has 0 heterocycles. The van der Waals surface area contributed by atoms with E-state index in [2.05, 4.69) is 38.1 Å². The minimum atomic E-state index is -0.677. The second kappa shape index (κ2) is 12.6. The predicted molar refractivity (Wildman–Crippen MR) is 99.2 cm³/mol. The van der Waals surface area contributed by atoms with Gasteiger partial charge < -0.3 is 0 Å². The summed E-state index contributed by atoms with van der Waals surface area (Å²) in [6.45, 7) is 6.78. The summed E-state index contributed by atoms with van der Waals surface area (Å²) in [6, 6.07) is 10.4. The zero-order valence-electron chi connectivity index (χ0n) is 14.8. The molecule has 0 fully saturated rings. The fraction of sp³-hybridized carbons (Fsp3) is 0.550. The number of carbonyl (C=O) groups excluding carboxylic acids is 1. The third-order valence-corrected chi connectivity index (χ3v) is 6.99. The topological polar surface area (TPSA) is 26.3 Å². The molecule has 1 aromatic carbocycles. The molecule has 0 amide bonds. The number of esters is 1. The second-order valence-electron chi connectivity index (χ2n) is 5.63. The molecule has 1 rings (SSSR count). The quantitative estimate of drug-likeness (QED) is 0.222. The van der Waals surface area contributed by atoms with Crippen LogP contribution >= 0.6 is 0 Å². The molecule has 1 aromatic rings. The third-order valence-electron chi connectivity index (χ3n) is 3.66. The molecule has 0 atom stereocenters. The molecule has 3 heteroatoms. The van der Waals surface area contributed by atoms with Crippen molar-refractivity contribution >= 4 is 30.5 Å². The third kappa shape index (κ3) is 8.04. The standard InChI is InChI=1S/C20H30O2Te/c1-4-7-10-14-17(13-8-5-2)19(20(21)22-6-3)23-18-15-11-9-12-16-18/h9,11-12,15-16H,4-8,10,13-14H2,1-3H3/b19-17+. The van der Waals surface area contributed by atoms with Crippen LogP contribution in [0.3, 0.4) is 0 Å². The van der Waals surface area contributed by atoms with Crippen LogP contribution in [0.4, 0.5) is 0 Å². The molecule has 0 bridgehead atoms.